The zero-order valence-electron chi connectivity index (χ0n) is 16.6. The van der Waals surface area contributed by atoms with Gasteiger partial charge in [-0.1, -0.05) is 59.8 Å². The Morgan fingerprint density at radius 2 is 1.77 bits per heavy atom. The van der Waals surface area contributed by atoms with Gasteiger partial charge >= 0.3 is 0 Å². The summed E-state index contributed by atoms with van der Waals surface area (Å²) in [5.41, 5.74) is 4.10. The van der Waals surface area contributed by atoms with Crippen molar-refractivity contribution in [1.82, 2.24) is 5.06 Å². The highest BCUT2D eigenvalue weighted by Gasteiger charge is 2.16. The number of hydrogen-bond donors (Lipinski definition) is 2. The van der Waals surface area contributed by atoms with Gasteiger partial charge in [0, 0.05) is 33.8 Å². The summed E-state index contributed by atoms with van der Waals surface area (Å²) >= 11 is 14.3. The van der Waals surface area contributed by atoms with E-state index >= 15 is 0 Å². The Hall–Kier alpha value is -1.46. The first-order valence-electron chi connectivity index (χ1n) is 9.25. The molecule has 0 spiro atoms. The molecule has 0 saturated carbocycles. The molecule has 0 amide bonds. The fourth-order valence-electron chi connectivity index (χ4n) is 3.04. The molecule has 0 saturated heterocycles. The van der Waals surface area contributed by atoms with Crippen LogP contribution in [0.25, 0.3) is 22.3 Å². The summed E-state index contributed by atoms with van der Waals surface area (Å²) in [6.45, 7) is 0. The molecule has 0 unspecified atom stereocenters. The monoisotopic (exact) mass is 512 g/mol. The molecule has 3 aromatic rings. The number of nitrogens with zero attached hydrogens (tertiary/aromatic N) is 1. The number of nitrogens with two attached hydrogens (primary N) is 1. The molecule has 1 aromatic heterocycles. The van der Waals surface area contributed by atoms with Gasteiger partial charge in [-0.2, -0.15) is 0 Å². The molecule has 164 valence electrons. The lowest BCUT2D eigenvalue weighted by Crippen LogP contribution is -2.17. The Morgan fingerprint density at radius 3 is 2.35 bits per heavy atom. The summed E-state index contributed by atoms with van der Waals surface area (Å²) < 4.78 is 23.6. The second-order valence-corrected chi connectivity index (χ2v) is 11.5. The van der Waals surface area contributed by atoms with E-state index in [0.29, 0.717) is 9.34 Å². The number of aryl methyl sites for hydroxylation is 1. The molecule has 0 radical (unpaired) electrons. The van der Waals surface area contributed by atoms with E-state index in [1.54, 1.807) is 23.5 Å². The van der Waals surface area contributed by atoms with Crippen molar-refractivity contribution in [3.05, 3.63) is 63.8 Å². The molecule has 31 heavy (non-hydrogen) atoms. The Balaban J connectivity index is 1.91. The number of hydrogen-bond acceptors (Lipinski definition) is 6. The average Bonchev–Trinajstić information content (AvgIpc) is 3.15. The van der Waals surface area contributed by atoms with Crippen LogP contribution >= 0.6 is 46.9 Å². The third-order valence-electron chi connectivity index (χ3n) is 4.53. The molecule has 2 aromatic carbocycles. The van der Waals surface area contributed by atoms with Crippen LogP contribution in [0.2, 0.25) is 5.02 Å². The molecule has 3 N–H and O–H groups in total. The van der Waals surface area contributed by atoms with Crippen LogP contribution < -0.4 is 5.14 Å². The van der Waals surface area contributed by atoms with Crippen molar-refractivity contribution >= 4 is 61.3 Å². The molecule has 3 rings (SSSR count). The van der Waals surface area contributed by atoms with Crippen molar-refractivity contribution in [3.8, 4) is 22.3 Å². The highest BCUT2D eigenvalue weighted by molar-refractivity contribution is 8.22. The topological polar surface area (TPSA) is 83.6 Å². The Bertz CT molecular complexity index is 1160. The fraction of sp³-hybridized carbons (Fsp3) is 0.190. The number of thioether (sulfide) groups is 1. The van der Waals surface area contributed by atoms with Crippen molar-refractivity contribution < 1.29 is 13.6 Å². The summed E-state index contributed by atoms with van der Waals surface area (Å²) in [4.78, 5) is 1.30. The van der Waals surface area contributed by atoms with Crippen molar-refractivity contribution in [2.45, 2.75) is 17.7 Å². The SMILES string of the molecule is CN(O)C(=S)SCCCc1scc(-c2ccc(S(N)(=O)=O)cc2)c1-c1ccc(Cl)cc1. The lowest BCUT2D eigenvalue weighted by molar-refractivity contribution is 0.0205. The molecule has 5 nitrogen and oxygen atoms in total. The maximum Gasteiger partial charge on any atom is 0.238 e. The molecule has 0 aliphatic carbocycles. The first-order valence-corrected chi connectivity index (χ1v) is 13.5. The van der Waals surface area contributed by atoms with Gasteiger partial charge in [-0.3, -0.25) is 5.21 Å². The largest absolute Gasteiger partial charge is 0.287 e. The molecule has 0 atom stereocenters. The normalized spacial score (nSPS) is 11.5. The van der Waals surface area contributed by atoms with Gasteiger partial charge in [0.1, 0.15) is 0 Å². The molecule has 0 bridgehead atoms. The standard InChI is InChI=1S/C21H21ClN2O3S4/c1-24(25)21(28)29-12-2-3-19-20(15-4-8-16(22)9-5-15)18(13-30-19)14-6-10-17(11-7-14)31(23,26)27/h4-11,13,25H,2-3,12H2,1H3,(H2,23,26,27). The van der Waals surface area contributed by atoms with E-state index in [9.17, 15) is 13.6 Å². The van der Waals surface area contributed by atoms with Crippen LogP contribution in [0.1, 0.15) is 11.3 Å². The smallest absolute Gasteiger partial charge is 0.238 e. The van der Waals surface area contributed by atoms with Crippen molar-refractivity contribution in [3.63, 3.8) is 0 Å². The highest BCUT2D eigenvalue weighted by Crippen LogP contribution is 2.40. The lowest BCUT2D eigenvalue weighted by atomic mass is 9.96. The minimum atomic E-state index is -3.74. The second kappa shape index (κ2) is 10.4. The van der Waals surface area contributed by atoms with Gasteiger partial charge in [0.2, 0.25) is 10.0 Å². The van der Waals surface area contributed by atoms with Crippen molar-refractivity contribution in [2.75, 3.05) is 12.8 Å². The molecular formula is C21H21ClN2O3S4. The number of thiophene rings is 1. The Kier molecular flexibility index (Phi) is 8.14. The number of primary sulfonamides is 1. The van der Waals surface area contributed by atoms with Crippen LogP contribution in [-0.4, -0.2) is 35.8 Å². The predicted octanol–water partition coefficient (Wildman–Crippen LogP) is 5.65. The van der Waals surface area contributed by atoms with Gasteiger partial charge in [-0.15, -0.1) is 11.3 Å². The van der Waals surface area contributed by atoms with Gasteiger partial charge in [-0.25, -0.2) is 18.6 Å². The van der Waals surface area contributed by atoms with Crippen molar-refractivity contribution in [2.24, 2.45) is 5.14 Å². The van der Waals surface area contributed by atoms with E-state index in [-0.39, 0.29) is 4.90 Å². The lowest BCUT2D eigenvalue weighted by Gasteiger charge is -2.11. The molecule has 1 heterocycles. The maximum atomic E-state index is 11.6. The Labute approximate surface area is 200 Å². The van der Waals surface area contributed by atoms with Gasteiger partial charge in [0.25, 0.3) is 0 Å². The van der Waals surface area contributed by atoms with Gasteiger partial charge in [0.15, 0.2) is 4.32 Å². The summed E-state index contributed by atoms with van der Waals surface area (Å²) in [7, 11) is -2.22. The van der Waals surface area contributed by atoms with Crippen LogP contribution in [-0.2, 0) is 16.4 Å². The number of halogens is 1. The average molecular weight is 513 g/mol. The first-order chi connectivity index (χ1) is 14.7. The van der Waals surface area contributed by atoms with E-state index in [1.807, 2.05) is 24.3 Å². The number of benzene rings is 2. The van der Waals surface area contributed by atoms with Crippen LogP contribution in [0.15, 0.2) is 58.8 Å². The molecule has 0 fully saturated rings. The van der Waals surface area contributed by atoms with E-state index in [0.717, 1.165) is 45.9 Å². The van der Waals surface area contributed by atoms with Gasteiger partial charge in [-0.05, 0) is 53.6 Å². The van der Waals surface area contributed by atoms with Crippen LogP contribution in [0.4, 0.5) is 0 Å². The molecule has 10 heteroatoms. The highest BCUT2D eigenvalue weighted by atomic mass is 35.5. The number of rotatable bonds is 7. The molecule has 0 aliphatic heterocycles. The van der Waals surface area contributed by atoms with Crippen LogP contribution in [0, 0.1) is 0 Å². The third-order valence-corrected chi connectivity index (χ3v) is 8.38. The first kappa shape index (κ1) is 24.2. The zero-order chi connectivity index (χ0) is 22.6. The quantitative estimate of drug-likeness (QED) is 0.241. The summed E-state index contributed by atoms with van der Waals surface area (Å²) in [6, 6.07) is 14.3. The zero-order valence-corrected chi connectivity index (χ0v) is 20.6. The van der Waals surface area contributed by atoms with Crippen LogP contribution in [0.3, 0.4) is 0 Å². The third kappa shape index (κ3) is 6.29. The number of hydroxylamine groups is 2. The van der Waals surface area contributed by atoms with E-state index < -0.39 is 10.0 Å². The maximum absolute atomic E-state index is 11.6. The van der Waals surface area contributed by atoms with Crippen molar-refractivity contribution in [1.29, 1.82) is 0 Å². The van der Waals surface area contributed by atoms with Gasteiger partial charge in [0.05, 0.1) is 4.90 Å². The number of thiocarbonyl (C=S) groups is 1. The van der Waals surface area contributed by atoms with E-state index in [2.05, 4.69) is 5.38 Å². The fourth-order valence-corrected chi connectivity index (χ4v) is 5.70. The number of sulfonamides is 1. The summed E-state index contributed by atoms with van der Waals surface area (Å²) in [6.07, 6.45) is 1.74. The van der Waals surface area contributed by atoms with Gasteiger partial charge < -0.3 is 0 Å². The minimum absolute atomic E-state index is 0.0848. The molecule has 0 aliphatic rings. The predicted molar refractivity (Wildman–Crippen MR) is 135 cm³/mol. The van der Waals surface area contributed by atoms with Crippen LogP contribution in [0.5, 0.6) is 0 Å². The molecular weight excluding hydrogens is 492 g/mol. The second-order valence-electron chi connectivity index (χ2n) is 6.77. The summed E-state index contributed by atoms with van der Waals surface area (Å²) in [5, 5.41) is 18.3. The Morgan fingerprint density at radius 1 is 1.16 bits per heavy atom. The van der Waals surface area contributed by atoms with E-state index in [1.165, 1.54) is 35.8 Å². The summed E-state index contributed by atoms with van der Waals surface area (Å²) in [5.74, 6) is 0.792. The minimum Gasteiger partial charge on any atom is -0.287 e. The van der Waals surface area contributed by atoms with E-state index in [4.69, 9.17) is 29.0 Å².